The maximum absolute atomic E-state index is 12.7. The van der Waals surface area contributed by atoms with Crippen LogP contribution in [0.2, 0.25) is 0 Å². The van der Waals surface area contributed by atoms with Crippen LogP contribution in [0.4, 0.5) is 0 Å². The van der Waals surface area contributed by atoms with E-state index in [1.54, 1.807) is 9.80 Å². The van der Waals surface area contributed by atoms with Crippen molar-refractivity contribution in [1.82, 2.24) is 9.80 Å². The molecule has 3 aliphatic rings. The Kier molecular flexibility index (Phi) is 4.63. The number of fused-ring (bicyclic) bond motifs is 1. The third kappa shape index (κ3) is 3.33. The van der Waals surface area contributed by atoms with E-state index >= 15 is 0 Å². The van der Waals surface area contributed by atoms with Gasteiger partial charge < -0.3 is 14.9 Å². The molecule has 0 bridgehead atoms. The maximum atomic E-state index is 12.7. The molecule has 5 rings (SSSR count). The van der Waals surface area contributed by atoms with Gasteiger partial charge in [-0.15, -0.1) is 0 Å². The number of amides is 2. The molecule has 1 aliphatic carbocycles. The van der Waals surface area contributed by atoms with E-state index in [9.17, 15) is 14.7 Å². The van der Waals surface area contributed by atoms with E-state index in [1.807, 2.05) is 18.2 Å². The lowest BCUT2D eigenvalue weighted by Crippen LogP contribution is -2.73. The number of benzene rings is 2. The van der Waals surface area contributed by atoms with Gasteiger partial charge in [0.1, 0.15) is 0 Å². The molecule has 2 amide bonds. The molecule has 2 heterocycles. The first kappa shape index (κ1) is 18.4. The molecule has 1 saturated carbocycles. The summed E-state index contributed by atoms with van der Waals surface area (Å²) in [5.74, 6) is 0.640. The van der Waals surface area contributed by atoms with E-state index in [1.165, 1.54) is 0 Å². The molecule has 2 saturated heterocycles. The summed E-state index contributed by atoms with van der Waals surface area (Å²) < 4.78 is 0. The Morgan fingerprint density at radius 1 is 1.00 bits per heavy atom. The van der Waals surface area contributed by atoms with E-state index in [0.29, 0.717) is 18.9 Å². The fraction of sp³-hybridized carbons (Fsp3) is 0.417. The van der Waals surface area contributed by atoms with Crippen molar-refractivity contribution >= 4 is 11.8 Å². The number of hydrogen-bond donors (Lipinski definition) is 1. The van der Waals surface area contributed by atoms with Crippen molar-refractivity contribution in [3.8, 4) is 11.1 Å². The SMILES string of the molecule is O=C(CC1CC1)N1CC(=O)N2[C@@H](CO)[C@H](c3ccc(-c4ccccc4)cc3)[C@@H]2C1. The van der Waals surface area contributed by atoms with Gasteiger partial charge in [-0.25, -0.2) is 0 Å². The molecule has 5 heteroatoms. The molecule has 0 unspecified atom stereocenters. The first-order valence-corrected chi connectivity index (χ1v) is 10.5. The van der Waals surface area contributed by atoms with Gasteiger partial charge in [0.25, 0.3) is 0 Å². The second-order valence-corrected chi connectivity index (χ2v) is 8.55. The molecular formula is C24H26N2O3. The largest absolute Gasteiger partial charge is 0.394 e. The van der Waals surface area contributed by atoms with Crippen molar-refractivity contribution in [1.29, 1.82) is 0 Å². The molecule has 3 atom stereocenters. The minimum atomic E-state index is -0.198. The summed E-state index contributed by atoms with van der Waals surface area (Å²) in [4.78, 5) is 28.8. The van der Waals surface area contributed by atoms with E-state index in [4.69, 9.17) is 0 Å². The van der Waals surface area contributed by atoms with E-state index < -0.39 is 0 Å². The average Bonchev–Trinajstić information content (AvgIpc) is 3.54. The third-order valence-corrected chi connectivity index (χ3v) is 6.67. The zero-order valence-electron chi connectivity index (χ0n) is 16.4. The Labute approximate surface area is 170 Å². The van der Waals surface area contributed by atoms with Gasteiger partial charge in [0.05, 0.1) is 25.2 Å². The van der Waals surface area contributed by atoms with E-state index in [0.717, 1.165) is 29.5 Å². The molecule has 0 aromatic heterocycles. The normalized spacial score (nSPS) is 26.1. The molecule has 2 aliphatic heterocycles. The van der Waals surface area contributed by atoms with Gasteiger partial charge in [-0.1, -0.05) is 54.6 Å². The fourth-order valence-corrected chi connectivity index (χ4v) is 4.92. The monoisotopic (exact) mass is 390 g/mol. The summed E-state index contributed by atoms with van der Waals surface area (Å²) in [6.45, 7) is 0.667. The summed E-state index contributed by atoms with van der Waals surface area (Å²) in [6, 6.07) is 18.4. The standard InChI is InChI=1S/C24H26N2O3/c27-15-21-24(19-10-8-18(9-11-19)17-4-2-1-3-5-17)20-13-25(14-23(29)26(20)21)22(28)12-16-6-7-16/h1-5,8-11,16,20-21,24,27H,6-7,12-15H2/t20-,21-,24+/m0/s1. The van der Waals surface area contributed by atoms with Crippen molar-refractivity contribution in [3.05, 3.63) is 60.2 Å². The van der Waals surface area contributed by atoms with Crippen LogP contribution in [0.5, 0.6) is 0 Å². The van der Waals surface area contributed by atoms with Crippen LogP contribution in [0.1, 0.15) is 30.7 Å². The Morgan fingerprint density at radius 3 is 2.34 bits per heavy atom. The topological polar surface area (TPSA) is 60.9 Å². The highest BCUT2D eigenvalue weighted by Gasteiger charge is 2.54. The van der Waals surface area contributed by atoms with Gasteiger partial charge in [-0.05, 0) is 35.4 Å². The van der Waals surface area contributed by atoms with Crippen molar-refractivity contribution in [2.75, 3.05) is 19.7 Å². The molecule has 5 nitrogen and oxygen atoms in total. The van der Waals surface area contributed by atoms with Crippen LogP contribution >= 0.6 is 0 Å². The molecule has 3 fully saturated rings. The van der Waals surface area contributed by atoms with Crippen molar-refractivity contribution in [3.63, 3.8) is 0 Å². The van der Waals surface area contributed by atoms with Gasteiger partial charge >= 0.3 is 0 Å². The van der Waals surface area contributed by atoms with Crippen LogP contribution < -0.4 is 0 Å². The Hall–Kier alpha value is -2.66. The molecule has 150 valence electrons. The van der Waals surface area contributed by atoms with Crippen LogP contribution in [0.3, 0.4) is 0 Å². The lowest BCUT2D eigenvalue weighted by atomic mass is 9.73. The Balaban J connectivity index is 1.36. The molecule has 1 N–H and O–H groups in total. The molecule has 29 heavy (non-hydrogen) atoms. The molecule has 2 aromatic rings. The summed E-state index contributed by atoms with van der Waals surface area (Å²) in [5.41, 5.74) is 3.43. The summed E-state index contributed by atoms with van der Waals surface area (Å²) in [5, 5.41) is 9.93. The van der Waals surface area contributed by atoms with Gasteiger partial charge in [0.15, 0.2) is 0 Å². The van der Waals surface area contributed by atoms with Crippen molar-refractivity contribution in [2.45, 2.75) is 37.3 Å². The second-order valence-electron chi connectivity index (χ2n) is 8.55. The highest BCUT2D eigenvalue weighted by molar-refractivity contribution is 5.88. The first-order valence-electron chi connectivity index (χ1n) is 10.5. The number of piperazine rings is 1. The molecule has 0 spiro atoms. The molecule has 0 radical (unpaired) electrons. The number of aliphatic hydroxyl groups excluding tert-OH is 1. The summed E-state index contributed by atoms with van der Waals surface area (Å²) in [7, 11) is 0. The minimum absolute atomic E-state index is 0.0402. The van der Waals surface area contributed by atoms with Crippen LogP contribution in [-0.2, 0) is 9.59 Å². The van der Waals surface area contributed by atoms with Gasteiger partial charge in [-0.2, -0.15) is 0 Å². The summed E-state index contributed by atoms with van der Waals surface area (Å²) >= 11 is 0. The average molecular weight is 390 g/mol. The number of hydrogen-bond acceptors (Lipinski definition) is 3. The number of carbonyl (C=O) groups is 2. The van der Waals surface area contributed by atoms with E-state index in [-0.39, 0.29) is 43.0 Å². The summed E-state index contributed by atoms with van der Waals surface area (Å²) in [6.07, 6.45) is 2.83. The number of rotatable bonds is 5. The minimum Gasteiger partial charge on any atom is -0.394 e. The van der Waals surface area contributed by atoms with Gasteiger partial charge in [-0.3, -0.25) is 9.59 Å². The highest BCUT2D eigenvalue weighted by atomic mass is 16.3. The van der Waals surface area contributed by atoms with Gasteiger partial charge in [0.2, 0.25) is 11.8 Å². The predicted octanol–water partition coefficient (Wildman–Crippen LogP) is 2.65. The maximum Gasteiger partial charge on any atom is 0.242 e. The van der Waals surface area contributed by atoms with Crippen molar-refractivity contribution in [2.24, 2.45) is 5.92 Å². The van der Waals surface area contributed by atoms with Crippen LogP contribution in [0, 0.1) is 5.92 Å². The Bertz CT molecular complexity index is 907. The van der Waals surface area contributed by atoms with Crippen molar-refractivity contribution < 1.29 is 14.7 Å². The second kappa shape index (κ2) is 7.30. The third-order valence-electron chi connectivity index (χ3n) is 6.67. The molecule has 2 aromatic carbocycles. The first-order chi connectivity index (χ1) is 14.2. The van der Waals surface area contributed by atoms with Crippen LogP contribution in [0.15, 0.2) is 54.6 Å². The smallest absolute Gasteiger partial charge is 0.242 e. The lowest BCUT2D eigenvalue weighted by Gasteiger charge is -2.58. The highest BCUT2D eigenvalue weighted by Crippen LogP contribution is 2.43. The van der Waals surface area contributed by atoms with E-state index in [2.05, 4.69) is 36.4 Å². The zero-order chi connectivity index (χ0) is 20.0. The van der Waals surface area contributed by atoms with Gasteiger partial charge in [0, 0.05) is 18.9 Å². The molecular weight excluding hydrogens is 364 g/mol. The van der Waals surface area contributed by atoms with Crippen LogP contribution in [-0.4, -0.2) is 58.5 Å². The lowest BCUT2D eigenvalue weighted by molar-refractivity contribution is -0.167. The predicted molar refractivity (Wildman–Crippen MR) is 110 cm³/mol. The van der Waals surface area contributed by atoms with Crippen LogP contribution in [0.25, 0.3) is 11.1 Å². The Morgan fingerprint density at radius 2 is 1.69 bits per heavy atom. The fourth-order valence-electron chi connectivity index (χ4n) is 4.92. The number of carbonyl (C=O) groups excluding carboxylic acids is 2. The zero-order valence-corrected chi connectivity index (χ0v) is 16.4. The quantitative estimate of drug-likeness (QED) is 0.854. The number of aliphatic hydroxyl groups is 1. The number of nitrogens with zero attached hydrogens (tertiary/aromatic N) is 2.